The fourth-order valence-corrected chi connectivity index (χ4v) is 2.87. The maximum absolute atomic E-state index is 12.2. The zero-order valence-electron chi connectivity index (χ0n) is 14.2. The Labute approximate surface area is 147 Å². The zero-order chi connectivity index (χ0) is 17.4. The predicted octanol–water partition coefficient (Wildman–Crippen LogP) is 4.43. The Morgan fingerprint density at radius 3 is 2.25 bits per heavy atom. The van der Waals surface area contributed by atoms with Crippen LogP contribution >= 0.6 is 11.8 Å². The van der Waals surface area contributed by atoms with Crippen LogP contribution < -0.4 is 5.32 Å². The van der Waals surface area contributed by atoms with E-state index in [1.165, 1.54) is 0 Å². The van der Waals surface area contributed by atoms with Crippen LogP contribution in [0.25, 0.3) is 11.1 Å². The van der Waals surface area contributed by atoms with Crippen molar-refractivity contribution in [1.29, 1.82) is 0 Å². The summed E-state index contributed by atoms with van der Waals surface area (Å²) in [5, 5.41) is 2.94. The number of hydrogen-bond acceptors (Lipinski definition) is 3. The van der Waals surface area contributed by atoms with Gasteiger partial charge in [-0.1, -0.05) is 37.3 Å². The first-order valence-corrected chi connectivity index (χ1v) is 9.56. The molecule has 0 aliphatic carbocycles. The average molecular weight is 341 g/mol. The molecular weight excluding hydrogens is 318 g/mol. The lowest BCUT2D eigenvalue weighted by Crippen LogP contribution is -2.24. The van der Waals surface area contributed by atoms with Crippen LogP contribution in [0.15, 0.2) is 48.5 Å². The molecule has 0 atom stereocenters. The van der Waals surface area contributed by atoms with Gasteiger partial charge >= 0.3 is 0 Å². The molecule has 2 aromatic rings. The third-order valence-electron chi connectivity index (χ3n) is 3.77. The SMILES string of the molecule is CCC(=O)c1cccc(-c2cccc(C(=O)NCCCSC)c2)c1. The molecule has 0 saturated heterocycles. The maximum atomic E-state index is 12.2. The van der Waals surface area contributed by atoms with Crippen LogP contribution in [-0.4, -0.2) is 30.2 Å². The number of benzene rings is 2. The van der Waals surface area contributed by atoms with Crippen molar-refractivity contribution in [3.63, 3.8) is 0 Å². The summed E-state index contributed by atoms with van der Waals surface area (Å²) in [6.45, 7) is 2.54. The molecule has 0 radical (unpaired) electrons. The highest BCUT2D eigenvalue weighted by Crippen LogP contribution is 2.22. The van der Waals surface area contributed by atoms with Crippen LogP contribution in [0, 0.1) is 0 Å². The fourth-order valence-electron chi connectivity index (χ4n) is 2.44. The molecule has 0 aliphatic rings. The second-order valence-electron chi connectivity index (χ2n) is 5.54. The van der Waals surface area contributed by atoms with E-state index in [9.17, 15) is 9.59 Å². The number of rotatable bonds is 8. The maximum Gasteiger partial charge on any atom is 0.251 e. The molecule has 2 rings (SSSR count). The van der Waals surface area contributed by atoms with Gasteiger partial charge in [-0.2, -0.15) is 11.8 Å². The first-order chi connectivity index (χ1) is 11.7. The number of amides is 1. The normalized spacial score (nSPS) is 10.4. The largest absolute Gasteiger partial charge is 0.352 e. The van der Waals surface area contributed by atoms with Crippen LogP contribution in [0.3, 0.4) is 0 Å². The van der Waals surface area contributed by atoms with Gasteiger partial charge < -0.3 is 5.32 Å². The van der Waals surface area contributed by atoms with E-state index in [-0.39, 0.29) is 11.7 Å². The zero-order valence-corrected chi connectivity index (χ0v) is 15.0. The lowest BCUT2D eigenvalue weighted by molar-refractivity contribution is 0.0952. The average Bonchev–Trinajstić information content (AvgIpc) is 2.64. The Bertz CT molecular complexity index is 712. The van der Waals surface area contributed by atoms with E-state index in [1.807, 2.05) is 55.5 Å². The van der Waals surface area contributed by atoms with Crippen molar-refractivity contribution in [2.45, 2.75) is 19.8 Å². The van der Waals surface area contributed by atoms with Crippen LogP contribution in [-0.2, 0) is 0 Å². The van der Waals surface area contributed by atoms with Gasteiger partial charge in [-0.3, -0.25) is 9.59 Å². The standard InChI is InChI=1S/C20H23NO2S/c1-3-19(22)17-9-4-7-15(13-17)16-8-5-10-18(14-16)20(23)21-11-6-12-24-2/h4-5,7-10,13-14H,3,6,11-12H2,1-2H3,(H,21,23). The summed E-state index contributed by atoms with van der Waals surface area (Å²) in [7, 11) is 0. The smallest absolute Gasteiger partial charge is 0.251 e. The summed E-state index contributed by atoms with van der Waals surface area (Å²) in [5.41, 5.74) is 3.25. The van der Waals surface area contributed by atoms with E-state index in [0.717, 1.165) is 23.3 Å². The lowest BCUT2D eigenvalue weighted by Gasteiger charge is -2.08. The van der Waals surface area contributed by atoms with E-state index in [1.54, 1.807) is 11.8 Å². The fraction of sp³-hybridized carbons (Fsp3) is 0.300. The monoisotopic (exact) mass is 341 g/mol. The first kappa shape index (κ1) is 18.3. The summed E-state index contributed by atoms with van der Waals surface area (Å²) < 4.78 is 0. The van der Waals surface area contributed by atoms with Crippen molar-refractivity contribution in [3.8, 4) is 11.1 Å². The van der Waals surface area contributed by atoms with E-state index in [4.69, 9.17) is 0 Å². The van der Waals surface area contributed by atoms with Gasteiger partial charge in [0, 0.05) is 24.1 Å². The van der Waals surface area contributed by atoms with Crippen molar-refractivity contribution in [2.75, 3.05) is 18.6 Å². The summed E-state index contributed by atoms with van der Waals surface area (Å²) in [5.74, 6) is 1.11. The van der Waals surface area contributed by atoms with Crippen molar-refractivity contribution in [2.24, 2.45) is 0 Å². The van der Waals surface area contributed by atoms with Gasteiger partial charge in [-0.25, -0.2) is 0 Å². The number of carbonyl (C=O) groups is 2. The lowest BCUT2D eigenvalue weighted by atomic mass is 9.99. The molecular formula is C20H23NO2S. The molecule has 3 nitrogen and oxygen atoms in total. The molecule has 1 N–H and O–H groups in total. The summed E-state index contributed by atoms with van der Waals surface area (Å²) >= 11 is 1.78. The molecule has 0 fully saturated rings. The van der Waals surface area contributed by atoms with Gasteiger partial charge in [0.2, 0.25) is 0 Å². The number of thioether (sulfide) groups is 1. The van der Waals surface area contributed by atoms with E-state index >= 15 is 0 Å². The van der Waals surface area contributed by atoms with Gasteiger partial charge in [-0.15, -0.1) is 0 Å². The van der Waals surface area contributed by atoms with Crippen LogP contribution in [0.1, 0.15) is 40.5 Å². The van der Waals surface area contributed by atoms with Crippen LogP contribution in [0.2, 0.25) is 0 Å². The Morgan fingerprint density at radius 2 is 1.62 bits per heavy atom. The van der Waals surface area contributed by atoms with Gasteiger partial charge in [0.05, 0.1) is 0 Å². The van der Waals surface area contributed by atoms with E-state index in [0.29, 0.717) is 24.1 Å². The molecule has 4 heteroatoms. The first-order valence-electron chi connectivity index (χ1n) is 8.16. The molecule has 0 bridgehead atoms. The molecule has 0 unspecified atom stereocenters. The van der Waals surface area contributed by atoms with Crippen molar-refractivity contribution in [3.05, 3.63) is 59.7 Å². The summed E-state index contributed by atoms with van der Waals surface area (Å²) in [6, 6.07) is 15.1. The Balaban J connectivity index is 2.15. The quantitative estimate of drug-likeness (QED) is 0.571. The topological polar surface area (TPSA) is 46.2 Å². The summed E-state index contributed by atoms with van der Waals surface area (Å²) in [4.78, 5) is 24.1. The van der Waals surface area contributed by atoms with Crippen LogP contribution in [0.5, 0.6) is 0 Å². The molecule has 0 aromatic heterocycles. The molecule has 0 saturated carbocycles. The minimum absolute atomic E-state index is 0.0567. The van der Waals surface area contributed by atoms with E-state index < -0.39 is 0 Å². The molecule has 126 valence electrons. The number of ketones is 1. The predicted molar refractivity (Wildman–Crippen MR) is 102 cm³/mol. The second-order valence-corrected chi connectivity index (χ2v) is 6.53. The molecule has 1 amide bonds. The molecule has 0 spiro atoms. The number of nitrogens with one attached hydrogen (secondary N) is 1. The van der Waals surface area contributed by atoms with Crippen molar-refractivity contribution in [1.82, 2.24) is 5.32 Å². The Kier molecular flexibility index (Phi) is 7.07. The third-order valence-corrected chi connectivity index (χ3v) is 4.47. The van der Waals surface area contributed by atoms with Crippen molar-refractivity contribution >= 4 is 23.5 Å². The van der Waals surface area contributed by atoms with Gasteiger partial charge in [0.15, 0.2) is 5.78 Å². The van der Waals surface area contributed by atoms with Gasteiger partial charge in [-0.05, 0) is 47.8 Å². The highest BCUT2D eigenvalue weighted by Gasteiger charge is 2.08. The molecule has 2 aromatic carbocycles. The van der Waals surface area contributed by atoms with Crippen LogP contribution in [0.4, 0.5) is 0 Å². The van der Waals surface area contributed by atoms with Gasteiger partial charge in [0.25, 0.3) is 5.91 Å². The molecule has 0 heterocycles. The molecule has 24 heavy (non-hydrogen) atoms. The number of carbonyl (C=O) groups excluding carboxylic acids is 2. The van der Waals surface area contributed by atoms with Crippen molar-refractivity contribution < 1.29 is 9.59 Å². The minimum Gasteiger partial charge on any atom is -0.352 e. The third kappa shape index (κ3) is 4.96. The Morgan fingerprint density at radius 1 is 1.00 bits per heavy atom. The number of hydrogen-bond donors (Lipinski definition) is 1. The Hall–Kier alpha value is -2.07. The van der Waals surface area contributed by atoms with E-state index in [2.05, 4.69) is 11.6 Å². The highest BCUT2D eigenvalue weighted by atomic mass is 32.2. The summed E-state index contributed by atoms with van der Waals surface area (Å²) in [6.07, 6.45) is 3.51. The second kappa shape index (κ2) is 9.28. The number of Topliss-reactive ketones (excluding diaryl/α,β-unsaturated/α-hetero) is 1. The van der Waals surface area contributed by atoms with Gasteiger partial charge in [0.1, 0.15) is 0 Å². The molecule has 0 aliphatic heterocycles. The minimum atomic E-state index is -0.0567. The highest BCUT2D eigenvalue weighted by molar-refractivity contribution is 7.98.